The molecule has 0 radical (unpaired) electrons. The van der Waals surface area contributed by atoms with Crippen LogP contribution >= 0.6 is 23.5 Å². The van der Waals surface area contributed by atoms with E-state index in [1.54, 1.807) is 0 Å². The van der Waals surface area contributed by atoms with Crippen molar-refractivity contribution >= 4 is 45.7 Å². The van der Waals surface area contributed by atoms with E-state index in [-0.39, 0.29) is 27.3 Å². The molecule has 27 heavy (non-hydrogen) atoms. The smallest absolute Gasteiger partial charge is 0.223 e. The van der Waals surface area contributed by atoms with Crippen molar-refractivity contribution in [3.63, 3.8) is 0 Å². The summed E-state index contributed by atoms with van der Waals surface area (Å²) in [6.45, 7) is 22.6. The average Bonchev–Trinajstić information content (AvgIpc) is 2.43. The molecule has 0 aromatic heterocycles. The highest BCUT2D eigenvalue weighted by molar-refractivity contribution is 8.08. The number of β-lactam (4-membered cyclic amide) rings is 1. The zero-order valence-corrected chi connectivity index (χ0v) is 22.7. The summed E-state index contributed by atoms with van der Waals surface area (Å²) in [5.41, 5.74) is -0.951. The standard InChI is InChI=1S/C20H41NO2S2Si2/c1-18(2,3)27(9,10)21-15(16(17(21)22)19(4,5)23)13-20(26(6,7)8)14-24-11-12-25-20/h15-16,23H,11-14H2,1-10H3/t15-,16-,20?/m1/s1. The SMILES string of the molecule is CC(C)(O)[C@H]1C(=O)N([Si](C)(C)C(C)(C)C)[C@@H]1CC1([Si](C)(C)C)CSCCS1. The van der Waals surface area contributed by atoms with Gasteiger partial charge in [-0.05, 0) is 25.3 Å². The molecular formula is C20H41NO2S2Si2. The van der Waals surface area contributed by atoms with Gasteiger partial charge in [0.1, 0.15) is 0 Å². The van der Waals surface area contributed by atoms with E-state index in [9.17, 15) is 9.90 Å². The molecule has 2 aliphatic rings. The molecule has 0 spiro atoms. The van der Waals surface area contributed by atoms with E-state index >= 15 is 0 Å². The molecule has 2 saturated heterocycles. The summed E-state index contributed by atoms with van der Waals surface area (Å²) >= 11 is 4.25. The molecule has 2 fully saturated rings. The van der Waals surface area contributed by atoms with Crippen LogP contribution in [0.15, 0.2) is 0 Å². The first-order valence-corrected chi connectivity index (χ1v) is 18.8. The van der Waals surface area contributed by atoms with Crippen molar-refractivity contribution in [3.05, 3.63) is 0 Å². The monoisotopic (exact) mass is 447 g/mol. The quantitative estimate of drug-likeness (QED) is 0.471. The Morgan fingerprint density at radius 1 is 1.11 bits per heavy atom. The summed E-state index contributed by atoms with van der Waals surface area (Å²) in [4.78, 5) is 13.3. The van der Waals surface area contributed by atoms with Crippen LogP contribution in [-0.4, -0.2) is 65.2 Å². The Hall–Kier alpha value is 0.564. The lowest BCUT2D eigenvalue weighted by Crippen LogP contribution is -2.77. The molecule has 2 rings (SSSR count). The first-order valence-electron chi connectivity index (χ1n) is 10.2. The highest BCUT2D eigenvalue weighted by Crippen LogP contribution is 2.53. The van der Waals surface area contributed by atoms with Gasteiger partial charge in [-0.25, -0.2) is 0 Å². The lowest BCUT2D eigenvalue weighted by molar-refractivity contribution is -0.164. The Kier molecular flexibility index (Phi) is 6.50. The van der Waals surface area contributed by atoms with Crippen LogP contribution in [0.2, 0.25) is 37.8 Å². The van der Waals surface area contributed by atoms with Crippen LogP contribution in [0, 0.1) is 5.92 Å². The van der Waals surface area contributed by atoms with E-state index in [4.69, 9.17) is 0 Å². The van der Waals surface area contributed by atoms with E-state index in [0.29, 0.717) is 0 Å². The van der Waals surface area contributed by atoms with Gasteiger partial charge in [-0.3, -0.25) is 4.79 Å². The van der Waals surface area contributed by atoms with Gasteiger partial charge in [0.2, 0.25) is 5.91 Å². The first-order chi connectivity index (χ1) is 12.0. The number of carbonyl (C=O) groups excluding carboxylic acids is 1. The van der Waals surface area contributed by atoms with Crippen LogP contribution in [-0.2, 0) is 4.79 Å². The predicted molar refractivity (Wildman–Crippen MR) is 128 cm³/mol. The minimum absolute atomic E-state index is 0.117. The molecule has 0 aliphatic carbocycles. The van der Waals surface area contributed by atoms with Crippen molar-refractivity contribution in [2.24, 2.45) is 5.92 Å². The van der Waals surface area contributed by atoms with Crippen molar-refractivity contribution in [2.75, 3.05) is 17.3 Å². The molecule has 0 bridgehead atoms. The van der Waals surface area contributed by atoms with E-state index in [0.717, 1.165) is 6.42 Å². The maximum absolute atomic E-state index is 13.3. The van der Waals surface area contributed by atoms with Gasteiger partial charge in [0.25, 0.3) is 0 Å². The van der Waals surface area contributed by atoms with Crippen LogP contribution in [0.5, 0.6) is 0 Å². The summed E-state index contributed by atoms with van der Waals surface area (Å²) in [5.74, 6) is 3.58. The zero-order chi connectivity index (χ0) is 21.1. The number of aliphatic hydroxyl groups is 1. The second kappa shape index (κ2) is 7.36. The van der Waals surface area contributed by atoms with Crippen LogP contribution in [0.3, 0.4) is 0 Å². The highest BCUT2D eigenvalue weighted by Gasteiger charge is 2.63. The first kappa shape index (κ1) is 23.8. The molecule has 2 heterocycles. The fraction of sp³-hybridized carbons (Fsp3) is 0.950. The minimum atomic E-state index is -1.97. The minimum Gasteiger partial charge on any atom is -0.390 e. The maximum atomic E-state index is 13.3. The van der Waals surface area contributed by atoms with E-state index in [2.05, 4.69) is 81.6 Å². The predicted octanol–water partition coefficient (Wildman–Crippen LogP) is 5.08. The lowest BCUT2D eigenvalue weighted by Gasteiger charge is -2.63. The Balaban J connectivity index is 2.45. The molecule has 3 atom stereocenters. The van der Waals surface area contributed by atoms with Crippen molar-refractivity contribution < 1.29 is 9.90 Å². The largest absolute Gasteiger partial charge is 0.390 e. The van der Waals surface area contributed by atoms with Gasteiger partial charge >= 0.3 is 0 Å². The van der Waals surface area contributed by atoms with Crippen LogP contribution < -0.4 is 0 Å². The lowest BCUT2D eigenvalue weighted by atomic mass is 9.76. The van der Waals surface area contributed by atoms with Crippen LogP contribution in [0.4, 0.5) is 0 Å². The number of carbonyl (C=O) groups is 1. The summed E-state index contributed by atoms with van der Waals surface area (Å²) in [6, 6.07) is 0.177. The molecule has 3 nitrogen and oxygen atoms in total. The Labute approximate surface area is 177 Å². The van der Waals surface area contributed by atoms with E-state index in [1.165, 1.54) is 17.3 Å². The van der Waals surface area contributed by atoms with Gasteiger partial charge in [-0.1, -0.05) is 53.5 Å². The molecule has 158 valence electrons. The number of rotatable bonds is 5. The third kappa shape index (κ3) is 4.23. The fourth-order valence-electron chi connectivity index (χ4n) is 4.35. The third-order valence-electron chi connectivity index (χ3n) is 7.27. The number of nitrogens with zero attached hydrogens (tertiary/aromatic N) is 1. The Morgan fingerprint density at radius 2 is 1.67 bits per heavy atom. The van der Waals surface area contributed by atoms with E-state index in [1.807, 2.05) is 13.8 Å². The van der Waals surface area contributed by atoms with Gasteiger partial charge in [0, 0.05) is 27.7 Å². The molecule has 2 aliphatic heterocycles. The van der Waals surface area contributed by atoms with Crippen molar-refractivity contribution in [1.82, 2.24) is 4.57 Å². The number of hydrogen-bond donors (Lipinski definition) is 1. The second-order valence-corrected chi connectivity index (χ2v) is 25.1. The van der Waals surface area contributed by atoms with Crippen LogP contribution in [0.25, 0.3) is 0 Å². The number of amides is 1. The van der Waals surface area contributed by atoms with Crippen LogP contribution in [0.1, 0.15) is 41.0 Å². The Morgan fingerprint density at radius 3 is 2.04 bits per heavy atom. The number of thioether (sulfide) groups is 2. The molecule has 0 aromatic rings. The average molecular weight is 448 g/mol. The fourth-order valence-corrected chi connectivity index (χ4v) is 14.4. The van der Waals surface area contributed by atoms with Gasteiger partial charge in [0.15, 0.2) is 8.24 Å². The van der Waals surface area contributed by atoms with Crippen molar-refractivity contribution in [3.8, 4) is 0 Å². The molecule has 1 unspecified atom stereocenters. The maximum Gasteiger partial charge on any atom is 0.223 e. The van der Waals surface area contributed by atoms with Crippen molar-refractivity contribution in [2.45, 2.75) is 94.8 Å². The molecule has 0 saturated carbocycles. The molecule has 0 aromatic carbocycles. The molecular weight excluding hydrogens is 407 g/mol. The third-order valence-corrected chi connectivity index (χ3v) is 21.2. The van der Waals surface area contributed by atoms with Gasteiger partial charge in [-0.2, -0.15) is 23.5 Å². The Bertz CT molecular complexity index is 570. The highest BCUT2D eigenvalue weighted by atomic mass is 32.2. The zero-order valence-electron chi connectivity index (χ0n) is 19.1. The summed E-state index contributed by atoms with van der Waals surface area (Å²) in [7, 11) is -3.43. The number of hydrogen-bond acceptors (Lipinski definition) is 4. The normalized spacial score (nSPS) is 31.1. The summed E-state index contributed by atoms with van der Waals surface area (Å²) < 4.78 is 2.56. The van der Waals surface area contributed by atoms with Gasteiger partial charge in [-0.15, -0.1) is 0 Å². The second-order valence-electron chi connectivity index (χ2n) is 11.6. The molecule has 1 amide bonds. The molecule has 7 heteroatoms. The topological polar surface area (TPSA) is 40.5 Å². The van der Waals surface area contributed by atoms with Gasteiger partial charge in [0.05, 0.1) is 19.6 Å². The summed E-state index contributed by atoms with van der Waals surface area (Å²) in [6.07, 6.45) is 1.05. The van der Waals surface area contributed by atoms with E-state index < -0.39 is 21.9 Å². The van der Waals surface area contributed by atoms with Gasteiger partial charge < -0.3 is 9.67 Å². The van der Waals surface area contributed by atoms with Crippen molar-refractivity contribution in [1.29, 1.82) is 0 Å². The summed E-state index contributed by atoms with van der Waals surface area (Å²) in [5, 5.41) is 11.0. The molecule has 1 N–H and O–H groups in total.